The molecule has 1 aliphatic rings. The van der Waals surface area contributed by atoms with E-state index in [1.165, 1.54) is 0 Å². The number of oxazole rings is 1. The molecule has 1 saturated heterocycles. The second-order valence-electron chi connectivity index (χ2n) is 4.21. The van der Waals surface area contributed by atoms with E-state index in [1.54, 1.807) is 6.20 Å². The molecule has 1 fully saturated rings. The van der Waals surface area contributed by atoms with Gasteiger partial charge in [0.1, 0.15) is 5.76 Å². The molecule has 84 valence electrons. The van der Waals surface area contributed by atoms with Crippen molar-refractivity contribution in [3.05, 3.63) is 17.8 Å². The van der Waals surface area contributed by atoms with Crippen LogP contribution in [-0.4, -0.2) is 29.8 Å². The maximum absolute atomic E-state index is 9.01. The van der Waals surface area contributed by atoms with Crippen LogP contribution in [0.15, 0.2) is 10.6 Å². The maximum atomic E-state index is 9.01. The molecule has 2 heterocycles. The Morgan fingerprint density at radius 3 is 3.00 bits per heavy atom. The molecule has 0 saturated carbocycles. The first kappa shape index (κ1) is 10.6. The van der Waals surface area contributed by atoms with Crippen molar-refractivity contribution in [3.63, 3.8) is 0 Å². The van der Waals surface area contributed by atoms with Crippen molar-refractivity contribution in [1.82, 2.24) is 10.3 Å². The SMILES string of the molecule is CC(CO)c1cnc(C2CCNCC2)o1. The van der Waals surface area contributed by atoms with E-state index in [4.69, 9.17) is 9.52 Å². The first-order chi connectivity index (χ1) is 7.31. The minimum absolute atomic E-state index is 0.0490. The third kappa shape index (κ3) is 2.38. The molecule has 2 rings (SSSR count). The van der Waals surface area contributed by atoms with Crippen LogP contribution in [0.5, 0.6) is 0 Å². The second-order valence-corrected chi connectivity index (χ2v) is 4.21. The lowest BCUT2D eigenvalue weighted by Crippen LogP contribution is -2.26. The maximum Gasteiger partial charge on any atom is 0.197 e. The van der Waals surface area contributed by atoms with E-state index in [9.17, 15) is 0 Å². The average molecular weight is 210 g/mol. The molecule has 1 unspecified atom stereocenters. The Morgan fingerprint density at radius 2 is 2.33 bits per heavy atom. The zero-order chi connectivity index (χ0) is 10.7. The Bertz CT molecular complexity index is 305. The number of aliphatic hydroxyl groups is 1. The van der Waals surface area contributed by atoms with Crippen molar-refractivity contribution in [2.45, 2.75) is 31.6 Å². The van der Waals surface area contributed by atoms with Crippen molar-refractivity contribution in [2.75, 3.05) is 19.7 Å². The molecule has 15 heavy (non-hydrogen) atoms. The van der Waals surface area contributed by atoms with Gasteiger partial charge in [-0.3, -0.25) is 0 Å². The predicted molar refractivity (Wildman–Crippen MR) is 56.8 cm³/mol. The van der Waals surface area contributed by atoms with Crippen LogP contribution < -0.4 is 5.32 Å². The van der Waals surface area contributed by atoms with Gasteiger partial charge in [-0.25, -0.2) is 4.98 Å². The van der Waals surface area contributed by atoms with Crippen molar-refractivity contribution in [1.29, 1.82) is 0 Å². The van der Waals surface area contributed by atoms with Crippen LogP contribution in [0.25, 0.3) is 0 Å². The van der Waals surface area contributed by atoms with Gasteiger partial charge in [0.2, 0.25) is 0 Å². The monoisotopic (exact) mass is 210 g/mol. The van der Waals surface area contributed by atoms with E-state index in [0.29, 0.717) is 5.92 Å². The predicted octanol–water partition coefficient (Wildman–Crippen LogP) is 1.24. The van der Waals surface area contributed by atoms with Crippen LogP contribution in [0.1, 0.15) is 43.3 Å². The zero-order valence-electron chi connectivity index (χ0n) is 9.07. The number of hydrogen-bond acceptors (Lipinski definition) is 4. The van der Waals surface area contributed by atoms with E-state index >= 15 is 0 Å². The van der Waals surface area contributed by atoms with Crippen LogP contribution >= 0.6 is 0 Å². The van der Waals surface area contributed by atoms with Gasteiger partial charge in [-0.2, -0.15) is 0 Å². The Hall–Kier alpha value is -0.870. The van der Waals surface area contributed by atoms with Gasteiger partial charge in [0, 0.05) is 11.8 Å². The summed E-state index contributed by atoms with van der Waals surface area (Å²) in [5.41, 5.74) is 0. The molecule has 4 nitrogen and oxygen atoms in total. The minimum atomic E-state index is 0.0490. The summed E-state index contributed by atoms with van der Waals surface area (Å²) in [6.07, 6.45) is 3.93. The minimum Gasteiger partial charge on any atom is -0.445 e. The van der Waals surface area contributed by atoms with Gasteiger partial charge < -0.3 is 14.8 Å². The fraction of sp³-hybridized carbons (Fsp3) is 0.727. The van der Waals surface area contributed by atoms with E-state index in [0.717, 1.165) is 37.6 Å². The van der Waals surface area contributed by atoms with Gasteiger partial charge in [-0.15, -0.1) is 0 Å². The van der Waals surface area contributed by atoms with Crippen LogP contribution in [0, 0.1) is 0 Å². The molecular weight excluding hydrogens is 192 g/mol. The standard InChI is InChI=1S/C11H18N2O2/c1-8(7-14)10-6-13-11(15-10)9-2-4-12-5-3-9/h6,8-9,12,14H,2-5,7H2,1H3. The fourth-order valence-electron chi connectivity index (χ4n) is 1.88. The summed E-state index contributed by atoms with van der Waals surface area (Å²) >= 11 is 0. The first-order valence-electron chi connectivity index (χ1n) is 5.58. The van der Waals surface area contributed by atoms with Crippen LogP contribution in [0.3, 0.4) is 0 Å². The number of aromatic nitrogens is 1. The summed E-state index contributed by atoms with van der Waals surface area (Å²) in [4.78, 5) is 4.30. The van der Waals surface area contributed by atoms with E-state index in [1.807, 2.05) is 6.92 Å². The molecule has 4 heteroatoms. The van der Waals surface area contributed by atoms with E-state index < -0.39 is 0 Å². The van der Waals surface area contributed by atoms with Gasteiger partial charge in [0.25, 0.3) is 0 Å². The molecule has 0 amide bonds. The quantitative estimate of drug-likeness (QED) is 0.788. The second kappa shape index (κ2) is 4.77. The third-order valence-corrected chi connectivity index (χ3v) is 2.99. The Labute approximate surface area is 89.7 Å². The summed E-state index contributed by atoms with van der Waals surface area (Å²) in [6.45, 7) is 4.13. The summed E-state index contributed by atoms with van der Waals surface area (Å²) in [7, 11) is 0. The molecule has 1 atom stereocenters. The normalized spacial score (nSPS) is 20.4. The molecule has 1 aromatic rings. The van der Waals surface area contributed by atoms with Crippen molar-refractivity contribution in [2.24, 2.45) is 0 Å². The summed E-state index contributed by atoms with van der Waals surface area (Å²) < 4.78 is 5.68. The molecule has 0 bridgehead atoms. The number of nitrogens with zero attached hydrogens (tertiary/aromatic N) is 1. The summed E-state index contributed by atoms with van der Waals surface area (Å²) in [5, 5.41) is 12.3. The third-order valence-electron chi connectivity index (χ3n) is 2.99. The van der Waals surface area contributed by atoms with E-state index in [-0.39, 0.29) is 12.5 Å². The lowest BCUT2D eigenvalue weighted by molar-refractivity contribution is 0.252. The van der Waals surface area contributed by atoms with Crippen molar-refractivity contribution < 1.29 is 9.52 Å². The number of rotatable bonds is 3. The van der Waals surface area contributed by atoms with E-state index in [2.05, 4.69) is 10.3 Å². The Balaban J connectivity index is 2.05. The molecule has 0 aliphatic carbocycles. The number of nitrogens with one attached hydrogen (secondary N) is 1. The first-order valence-corrected chi connectivity index (χ1v) is 5.58. The molecule has 0 radical (unpaired) electrons. The lowest BCUT2D eigenvalue weighted by Gasteiger charge is -2.19. The average Bonchev–Trinajstić information content (AvgIpc) is 2.78. The van der Waals surface area contributed by atoms with Crippen LogP contribution in [0.4, 0.5) is 0 Å². The van der Waals surface area contributed by atoms with Crippen molar-refractivity contribution >= 4 is 0 Å². The van der Waals surface area contributed by atoms with Gasteiger partial charge in [0.05, 0.1) is 12.8 Å². The number of aliphatic hydroxyl groups excluding tert-OH is 1. The Morgan fingerprint density at radius 1 is 1.60 bits per heavy atom. The summed E-state index contributed by atoms with van der Waals surface area (Å²) in [5.74, 6) is 2.14. The van der Waals surface area contributed by atoms with Gasteiger partial charge in [-0.05, 0) is 25.9 Å². The Kier molecular flexibility index (Phi) is 3.38. The molecular formula is C11H18N2O2. The highest BCUT2D eigenvalue weighted by molar-refractivity contribution is 5.04. The lowest BCUT2D eigenvalue weighted by atomic mass is 9.98. The molecule has 0 spiro atoms. The van der Waals surface area contributed by atoms with Crippen molar-refractivity contribution in [3.8, 4) is 0 Å². The number of piperidine rings is 1. The zero-order valence-corrected chi connectivity index (χ0v) is 9.07. The highest BCUT2D eigenvalue weighted by Gasteiger charge is 2.21. The highest BCUT2D eigenvalue weighted by atomic mass is 16.4. The topological polar surface area (TPSA) is 58.3 Å². The van der Waals surface area contributed by atoms with Crippen LogP contribution in [0.2, 0.25) is 0 Å². The number of hydrogen-bond donors (Lipinski definition) is 2. The smallest absolute Gasteiger partial charge is 0.197 e. The van der Waals surface area contributed by atoms with Gasteiger partial charge >= 0.3 is 0 Å². The fourth-order valence-corrected chi connectivity index (χ4v) is 1.88. The largest absolute Gasteiger partial charge is 0.445 e. The van der Waals surface area contributed by atoms with Gasteiger partial charge in [-0.1, -0.05) is 6.92 Å². The molecule has 2 N–H and O–H groups in total. The highest BCUT2D eigenvalue weighted by Crippen LogP contribution is 2.26. The van der Waals surface area contributed by atoms with Gasteiger partial charge in [0.15, 0.2) is 5.89 Å². The molecule has 1 aromatic heterocycles. The molecule has 1 aliphatic heterocycles. The molecule has 0 aromatic carbocycles. The summed E-state index contributed by atoms with van der Waals surface area (Å²) in [6, 6.07) is 0. The van der Waals surface area contributed by atoms with Crippen LogP contribution in [-0.2, 0) is 0 Å².